The summed E-state index contributed by atoms with van der Waals surface area (Å²) in [6, 6.07) is 2.39. The van der Waals surface area contributed by atoms with Gasteiger partial charge in [0.1, 0.15) is 0 Å². The van der Waals surface area contributed by atoms with Crippen LogP contribution in [0.3, 0.4) is 0 Å². The number of urea groups is 1. The number of carbonyl (C=O) groups is 1. The second kappa shape index (κ2) is 9.04. The van der Waals surface area contributed by atoms with E-state index in [2.05, 4.69) is 6.07 Å². The first-order valence-corrected chi connectivity index (χ1v) is 11.8. The van der Waals surface area contributed by atoms with E-state index < -0.39 is 15.3 Å². The molecule has 1 saturated heterocycles. The van der Waals surface area contributed by atoms with Crippen molar-refractivity contribution < 1.29 is 13.2 Å². The molecule has 1 radical (unpaired) electrons. The van der Waals surface area contributed by atoms with Crippen molar-refractivity contribution in [1.29, 1.82) is 0 Å². The molecule has 6 nitrogen and oxygen atoms in total. The van der Waals surface area contributed by atoms with Crippen molar-refractivity contribution in [2.75, 3.05) is 24.5 Å². The number of amides is 2. The van der Waals surface area contributed by atoms with Gasteiger partial charge in [-0.2, -0.15) is 0 Å². The maximum Gasteiger partial charge on any atom is 0.324 e. The van der Waals surface area contributed by atoms with Gasteiger partial charge in [-0.15, -0.1) is 0 Å². The monoisotopic (exact) mass is 430 g/mol. The first-order chi connectivity index (χ1) is 12.9. The van der Waals surface area contributed by atoms with Crippen molar-refractivity contribution >= 4 is 73.1 Å². The molecule has 149 valence electrons. The number of rotatable bonds is 3. The summed E-state index contributed by atoms with van der Waals surface area (Å²) in [4.78, 5) is 17.1. The Hall–Kier alpha value is 0.0364. The topological polar surface area (TPSA) is 83.7 Å². The molecular formula is C20H29KN3O3S. The summed E-state index contributed by atoms with van der Waals surface area (Å²) in [5, 5.41) is 4.76. The number of likely N-dealkylation sites (tertiary alicyclic amines) is 1. The molecule has 1 heterocycles. The fraction of sp³-hybridized carbons (Fsp3) is 0.650. The molecular weight excluding hydrogens is 401 g/mol. The summed E-state index contributed by atoms with van der Waals surface area (Å²) in [7, 11) is -3.52. The summed E-state index contributed by atoms with van der Waals surface area (Å²) >= 11 is 0. The van der Waals surface area contributed by atoms with Crippen LogP contribution in [0.1, 0.15) is 54.9 Å². The Balaban J connectivity index is 0.00000225. The van der Waals surface area contributed by atoms with Gasteiger partial charge in [0.2, 0.25) is 10.0 Å². The number of hydrogen-bond acceptors (Lipinski definition) is 3. The standard InChI is InChI=1S/C20H29N3O3S.K/c1-2-23(20(24)22-11-9-16(10-12-22)27(21,25)26)19-17-7-3-5-14(17)13-15-6-4-8-18(15)19;/h13,16H,2-12H2,1H3,(H2,21,25,26);. The van der Waals surface area contributed by atoms with E-state index in [0.29, 0.717) is 32.5 Å². The number of nitrogens with zero attached hydrogens (tertiary/aromatic N) is 2. The minimum Gasteiger partial charge on any atom is -0.324 e. The molecule has 1 aromatic rings. The predicted molar refractivity (Wildman–Crippen MR) is 112 cm³/mol. The number of aryl methyl sites for hydroxylation is 2. The van der Waals surface area contributed by atoms with Gasteiger partial charge in [-0.25, -0.2) is 18.4 Å². The smallest absolute Gasteiger partial charge is 0.324 e. The van der Waals surface area contributed by atoms with Gasteiger partial charge in [0, 0.05) is 71.0 Å². The SMILES string of the molecule is CCN(C(=O)N1CCC(S(N)(=O)=O)CC1)c1c2c(cc3c1CCC3)CCC2.[K]. The largest absolute Gasteiger partial charge is 0.324 e. The Morgan fingerprint density at radius 2 is 1.64 bits per heavy atom. The Kier molecular flexibility index (Phi) is 7.33. The van der Waals surface area contributed by atoms with Crippen LogP contribution >= 0.6 is 0 Å². The van der Waals surface area contributed by atoms with Gasteiger partial charge in [0.15, 0.2) is 0 Å². The van der Waals surface area contributed by atoms with E-state index in [1.807, 2.05) is 11.8 Å². The molecule has 2 N–H and O–H groups in total. The number of fused-ring (bicyclic) bond motifs is 2. The van der Waals surface area contributed by atoms with Crippen LogP contribution in [0.25, 0.3) is 0 Å². The van der Waals surface area contributed by atoms with Crippen LogP contribution in [0, 0.1) is 0 Å². The van der Waals surface area contributed by atoms with Gasteiger partial charge in [0.05, 0.1) is 10.9 Å². The summed E-state index contributed by atoms with van der Waals surface area (Å²) in [5.74, 6) is 0. The number of carbonyl (C=O) groups excluding carboxylic acids is 1. The third-order valence-corrected chi connectivity index (χ3v) is 7.84. The van der Waals surface area contributed by atoms with E-state index in [4.69, 9.17) is 5.14 Å². The van der Waals surface area contributed by atoms with Crippen molar-refractivity contribution in [3.63, 3.8) is 0 Å². The van der Waals surface area contributed by atoms with Crippen LogP contribution in [0.15, 0.2) is 6.07 Å². The molecule has 0 bridgehead atoms. The number of piperidine rings is 1. The van der Waals surface area contributed by atoms with Crippen LogP contribution < -0.4 is 10.0 Å². The summed E-state index contributed by atoms with van der Waals surface area (Å²) in [6.07, 6.45) is 7.50. The molecule has 0 saturated carbocycles. The van der Waals surface area contributed by atoms with Gasteiger partial charge in [-0.3, -0.25) is 4.90 Å². The third kappa shape index (κ3) is 4.24. The summed E-state index contributed by atoms with van der Waals surface area (Å²) in [5.41, 5.74) is 6.74. The number of primary sulfonamides is 1. The van der Waals surface area contributed by atoms with Gasteiger partial charge in [-0.05, 0) is 80.5 Å². The van der Waals surface area contributed by atoms with Crippen molar-refractivity contribution in [3.8, 4) is 0 Å². The molecule has 0 spiro atoms. The van der Waals surface area contributed by atoms with Gasteiger partial charge in [0.25, 0.3) is 0 Å². The molecule has 4 rings (SSSR count). The third-order valence-electron chi connectivity index (χ3n) is 6.44. The van der Waals surface area contributed by atoms with E-state index >= 15 is 0 Å². The molecule has 2 amide bonds. The second-order valence-corrected chi connectivity index (χ2v) is 9.85. The zero-order valence-corrected chi connectivity index (χ0v) is 21.0. The maximum absolute atomic E-state index is 13.4. The molecule has 2 aliphatic carbocycles. The van der Waals surface area contributed by atoms with E-state index in [-0.39, 0.29) is 57.4 Å². The van der Waals surface area contributed by atoms with E-state index in [9.17, 15) is 13.2 Å². The Morgan fingerprint density at radius 1 is 1.11 bits per heavy atom. The van der Waals surface area contributed by atoms with Gasteiger partial charge < -0.3 is 4.90 Å². The molecule has 3 aliphatic rings. The average Bonchev–Trinajstić information content (AvgIpc) is 3.29. The second-order valence-electron chi connectivity index (χ2n) is 8.01. The number of sulfonamides is 1. The molecule has 0 atom stereocenters. The van der Waals surface area contributed by atoms with Gasteiger partial charge in [-0.1, -0.05) is 6.07 Å². The number of nitrogens with two attached hydrogens (primary N) is 1. The zero-order chi connectivity index (χ0) is 19.2. The van der Waals surface area contributed by atoms with E-state index in [0.717, 1.165) is 38.5 Å². The molecule has 8 heteroatoms. The van der Waals surface area contributed by atoms with Crippen LogP contribution in [0.5, 0.6) is 0 Å². The maximum atomic E-state index is 13.4. The summed E-state index contributed by atoms with van der Waals surface area (Å²) in [6.45, 7) is 3.57. The zero-order valence-electron chi connectivity index (χ0n) is 17.0. The molecule has 0 unspecified atom stereocenters. The van der Waals surface area contributed by atoms with Crippen LogP contribution in [-0.2, 0) is 35.7 Å². The van der Waals surface area contributed by atoms with Crippen LogP contribution in [0.4, 0.5) is 10.5 Å². The van der Waals surface area contributed by atoms with E-state index in [1.165, 1.54) is 27.9 Å². The minimum atomic E-state index is -3.52. The normalized spacial score (nSPS) is 19.1. The number of benzene rings is 1. The first-order valence-electron chi connectivity index (χ1n) is 10.1. The van der Waals surface area contributed by atoms with Crippen LogP contribution in [-0.4, -0.2) is 95.6 Å². The van der Waals surface area contributed by atoms with Crippen molar-refractivity contribution in [1.82, 2.24) is 4.90 Å². The van der Waals surface area contributed by atoms with Crippen LogP contribution in [0.2, 0.25) is 0 Å². The van der Waals surface area contributed by atoms with Crippen molar-refractivity contribution in [3.05, 3.63) is 28.3 Å². The molecule has 28 heavy (non-hydrogen) atoms. The molecule has 1 fully saturated rings. The number of hydrogen-bond donors (Lipinski definition) is 1. The fourth-order valence-corrected chi connectivity index (χ4v) is 5.92. The fourth-order valence-electron chi connectivity index (χ4n) is 5.05. The first kappa shape index (κ1) is 22.7. The molecule has 1 aliphatic heterocycles. The predicted octanol–water partition coefficient (Wildman–Crippen LogP) is 1.98. The average molecular weight is 431 g/mol. The quantitative estimate of drug-likeness (QED) is 0.744. The van der Waals surface area contributed by atoms with Crippen molar-refractivity contribution in [2.45, 2.75) is 63.5 Å². The summed E-state index contributed by atoms with van der Waals surface area (Å²) < 4.78 is 23.2. The number of anilines is 1. The van der Waals surface area contributed by atoms with Crippen molar-refractivity contribution in [2.24, 2.45) is 5.14 Å². The molecule has 0 aromatic heterocycles. The molecule has 1 aromatic carbocycles. The van der Waals surface area contributed by atoms with Gasteiger partial charge >= 0.3 is 6.03 Å². The Morgan fingerprint density at radius 3 is 2.11 bits per heavy atom. The van der Waals surface area contributed by atoms with E-state index in [1.54, 1.807) is 4.90 Å². The Bertz CT molecular complexity index is 832. The Labute approximate surface area is 210 Å². The minimum absolute atomic E-state index is 0.